The zero-order chi connectivity index (χ0) is 15.3. The van der Waals surface area contributed by atoms with E-state index >= 15 is 0 Å². The number of benzene rings is 1. The van der Waals surface area contributed by atoms with E-state index in [1.54, 1.807) is 18.2 Å². The highest BCUT2D eigenvalue weighted by Crippen LogP contribution is 2.22. The summed E-state index contributed by atoms with van der Waals surface area (Å²) in [4.78, 5) is 2.49. The minimum absolute atomic E-state index is 0. The van der Waals surface area contributed by atoms with Crippen molar-refractivity contribution in [3.63, 3.8) is 0 Å². The molecule has 5 nitrogen and oxygen atoms in total. The highest BCUT2D eigenvalue weighted by atomic mass is 35.5. The number of aryl methyl sites for hydroxylation is 1. The molecule has 9 heteroatoms. The SMILES string of the molecule is Cc1ccc(S(=O)(=O)NCCCN2CCNCC2)c(Cl)c1.Cl.Cl. The van der Waals surface area contributed by atoms with E-state index in [4.69, 9.17) is 11.6 Å². The summed E-state index contributed by atoms with van der Waals surface area (Å²) in [7, 11) is -3.52. The monoisotopic (exact) mass is 403 g/mol. The fraction of sp³-hybridized carbons (Fsp3) is 0.571. The Morgan fingerprint density at radius 1 is 1.26 bits per heavy atom. The van der Waals surface area contributed by atoms with Gasteiger partial charge in [0.15, 0.2) is 0 Å². The number of nitrogens with zero attached hydrogens (tertiary/aromatic N) is 1. The molecule has 0 amide bonds. The van der Waals surface area contributed by atoms with Gasteiger partial charge in [-0.1, -0.05) is 17.7 Å². The van der Waals surface area contributed by atoms with Gasteiger partial charge in [-0.05, 0) is 37.6 Å². The summed E-state index contributed by atoms with van der Waals surface area (Å²) in [5, 5.41) is 3.56. The first kappa shape index (κ1) is 22.9. The van der Waals surface area contributed by atoms with E-state index in [-0.39, 0.29) is 34.7 Å². The summed E-state index contributed by atoms with van der Waals surface area (Å²) < 4.78 is 27.0. The molecular weight excluding hydrogens is 381 g/mol. The molecule has 1 aromatic rings. The van der Waals surface area contributed by atoms with E-state index in [0.717, 1.165) is 44.7 Å². The molecule has 0 unspecified atom stereocenters. The Morgan fingerprint density at radius 3 is 2.52 bits per heavy atom. The van der Waals surface area contributed by atoms with Crippen LogP contribution in [0.4, 0.5) is 0 Å². The van der Waals surface area contributed by atoms with Crippen LogP contribution in [0.25, 0.3) is 0 Å². The van der Waals surface area contributed by atoms with Crippen LogP contribution in [0.3, 0.4) is 0 Å². The maximum atomic E-state index is 12.2. The highest BCUT2D eigenvalue weighted by Gasteiger charge is 2.17. The second kappa shape index (κ2) is 10.7. The lowest BCUT2D eigenvalue weighted by Crippen LogP contribution is -2.44. The quantitative estimate of drug-likeness (QED) is 0.713. The molecule has 0 bridgehead atoms. The van der Waals surface area contributed by atoms with Gasteiger partial charge < -0.3 is 10.2 Å². The van der Waals surface area contributed by atoms with E-state index in [2.05, 4.69) is 14.9 Å². The van der Waals surface area contributed by atoms with Crippen molar-refractivity contribution in [2.75, 3.05) is 39.3 Å². The molecule has 1 aromatic carbocycles. The molecule has 1 aliphatic rings. The van der Waals surface area contributed by atoms with Crippen LogP contribution in [0.1, 0.15) is 12.0 Å². The molecule has 23 heavy (non-hydrogen) atoms. The molecule has 0 radical (unpaired) electrons. The summed E-state index contributed by atoms with van der Waals surface area (Å²) in [5.74, 6) is 0. The fourth-order valence-corrected chi connectivity index (χ4v) is 4.02. The largest absolute Gasteiger partial charge is 0.314 e. The molecule has 2 rings (SSSR count). The zero-order valence-electron chi connectivity index (χ0n) is 13.0. The molecule has 0 aromatic heterocycles. The Hall–Kier alpha value is -0.0800. The molecule has 0 aliphatic carbocycles. The smallest absolute Gasteiger partial charge is 0.242 e. The van der Waals surface area contributed by atoms with Gasteiger partial charge in [0.1, 0.15) is 4.90 Å². The molecule has 1 saturated heterocycles. The number of sulfonamides is 1. The van der Waals surface area contributed by atoms with Gasteiger partial charge in [-0.15, -0.1) is 24.8 Å². The zero-order valence-corrected chi connectivity index (χ0v) is 16.3. The maximum Gasteiger partial charge on any atom is 0.242 e. The lowest BCUT2D eigenvalue weighted by molar-refractivity contribution is 0.239. The van der Waals surface area contributed by atoms with Gasteiger partial charge in [0.05, 0.1) is 5.02 Å². The summed E-state index contributed by atoms with van der Waals surface area (Å²) >= 11 is 6.01. The highest BCUT2D eigenvalue weighted by molar-refractivity contribution is 7.89. The van der Waals surface area contributed by atoms with E-state index in [0.29, 0.717) is 6.54 Å². The summed E-state index contributed by atoms with van der Waals surface area (Å²) in [5.41, 5.74) is 0.942. The van der Waals surface area contributed by atoms with Crippen molar-refractivity contribution >= 4 is 46.4 Å². The number of halogens is 3. The van der Waals surface area contributed by atoms with Crippen LogP contribution >= 0.6 is 36.4 Å². The van der Waals surface area contributed by atoms with Crippen LogP contribution in [-0.4, -0.2) is 52.6 Å². The van der Waals surface area contributed by atoms with E-state index in [1.807, 2.05) is 6.92 Å². The lowest BCUT2D eigenvalue weighted by Gasteiger charge is -2.27. The molecule has 0 saturated carbocycles. The van der Waals surface area contributed by atoms with Gasteiger partial charge in [0, 0.05) is 32.7 Å². The van der Waals surface area contributed by atoms with Crippen molar-refractivity contribution in [3.8, 4) is 0 Å². The standard InChI is InChI=1S/C14H22ClN3O2S.2ClH/c1-12-3-4-14(13(15)11-12)21(19,20)17-5-2-8-18-9-6-16-7-10-18;;/h3-4,11,16-17H,2,5-10H2,1H3;2*1H. The lowest BCUT2D eigenvalue weighted by atomic mass is 10.2. The van der Waals surface area contributed by atoms with E-state index in [9.17, 15) is 8.42 Å². The Morgan fingerprint density at radius 2 is 1.91 bits per heavy atom. The summed E-state index contributed by atoms with van der Waals surface area (Å²) in [6, 6.07) is 4.97. The maximum absolute atomic E-state index is 12.2. The van der Waals surface area contributed by atoms with Crippen molar-refractivity contribution in [2.24, 2.45) is 0 Å². The minimum Gasteiger partial charge on any atom is -0.314 e. The third-order valence-corrected chi connectivity index (χ3v) is 5.47. The molecule has 2 N–H and O–H groups in total. The predicted molar refractivity (Wildman–Crippen MR) is 99.8 cm³/mol. The van der Waals surface area contributed by atoms with Gasteiger partial charge in [-0.3, -0.25) is 0 Å². The average Bonchev–Trinajstić information content (AvgIpc) is 2.44. The first-order chi connectivity index (χ1) is 9.99. The van der Waals surface area contributed by atoms with Crippen molar-refractivity contribution in [1.82, 2.24) is 14.9 Å². The number of piperazine rings is 1. The molecule has 0 spiro atoms. The number of hydrogen-bond acceptors (Lipinski definition) is 4. The average molecular weight is 405 g/mol. The Bertz CT molecular complexity index is 579. The van der Waals surface area contributed by atoms with Crippen molar-refractivity contribution in [2.45, 2.75) is 18.2 Å². The van der Waals surface area contributed by atoms with Gasteiger partial charge in [0.25, 0.3) is 0 Å². The van der Waals surface area contributed by atoms with E-state index < -0.39 is 10.0 Å². The van der Waals surface area contributed by atoms with Crippen LogP contribution in [0.2, 0.25) is 5.02 Å². The van der Waals surface area contributed by atoms with Crippen molar-refractivity contribution in [3.05, 3.63) is 28.8 Å². The van der Waals surface area contributed by atoms with Crippen molar-refractivity contribution < 1.29 is 8.42 Å². The second-order valence-electron chi connectivity index (χ2n) is 5.28. The normalized spacial score (nSPS) is 15.6. The van der Waals surface area contributed by atoms with E-state index in [1.165, 1.54) is 0 Å². The fourth-order valence-electron chi connectivity index (χ4n) is 2.35. The molecular formula is C14H24Cl3N3O2S. The van der Waals surface area contributed by atoms with Crippen LogP contribution in [0, 0.1) is 6.92 Å². The Kier molecular flexibility index (Phi) is 10.7. The third kappa shape index (κ3) is 7.13. The van der Waals surface area contributed by atoms with Gasteiger partial charge in [-0.2, -0.15) is 0 Å². The number of rotatable bonds is 6. The molecule has 0 atom stereocenters. The summed E-state index contributed by atoms with van der Waals surface area (Å²) in [6.07, 6.45) is 0.794. The van der Waals surface area contributed by atoms with Crippen LogP contribution in [-0.2, 0) is 10.0 Å². The van der Waals surface area contributed by atoms with Crippen LogP contribution in [0.15, 0.2) is 23.1 Å². The Labute approximate surface area is 156 Å². The predicted octanol–water partition coefficient (Wildman–Crippen LogP) is 2.07. The molecule has 134 valence electrons. The summed E-state index contributed by atoms with van der Waals surface area (Å²) in [6.45, 7) is 7.27. The van der Waals surface area contributed by atoms with Crippen molar-refractivity contribution in [1.29, 1.82) is 0 Å². The van der Waals surface area contributed by atoms with Crippen LogP contribution in [0.5, 0.6) is 0 Å². The first-order valence-corrected chi connectivity index (χ1v) is 9.04. The van der Waals surface area contributed by atoms with Crippen LogP contribution < -0.4 is 10.0 Å². The topological polar surface area (TPSA) is 61.4 Å². The second-order valence-corrected chi connectivity index (χ2v) is 7.42. The van der Waals surface area contributed by atoms with Gasteiger partial charge >= 0.3 is 0 Å². The molecule has 1 aliphatic heterocycles. The molecule has 1 fully saturated rings. The third-order valence-electron chi connectivity index (χ3n) is 3.53. The number of hydrogen-bond donors (Lipinski definition) is 2. The number of nitrogens with one attached hydrogen (secondary N) is 2. The van der Waals surface area contributed by atoms with Gasteiger partial charge in [-0.25, -0.2) is 13.1 Å². The Balaban J connectivity index is 0.00000242. The first-order valence-electron chi connectivity index (χ1n) is 7.18. The molecule has 1 heterocycles. The van der Waals surface area contributed by atoms with Gasteiger partial charge in [0.2, 0.25) is 10.0 Å². The minimum atomic E-state index is -3.52.